The smallest absolute Gasteiger partial charge is 0.403 e. The average molecular weight is 448 g/mol. The molecule has 32 heavy (non-hydrogen) atoms. The molecule has 0 saturated heterocycles. The van der Waals surface area contributed by atoms with Gasteiger partial charge in [0.2, 0.25) is 5.56 Å². The van der Waals surface area contributed by atoms with Crippen molar-refractivity contribution < 1.29 is 27.1 Å². The van der Waals surface area contributed by atoms with Crippen LogP contribution in [0, 0.1) is 5.82 Å². The Balaban J connectivity index is 1.81. The molecule has 1 amide bonds. The second-order valence-electron chi connectivity index (χ2n) is 7.07. The van der Waals surface area contributed by atoms with Gasteiger partial charge in [-0.3, -0.25) is 14.6 Å². The zero-order valence-electron chi connectivity index (χ0n) is 16.3. The molecular formula is C21H16F4N4O3. The number of H-pyrrole nitrogens is 1. The molecule has 1 aliphatic heterocycles. The van der Waals surface area contributed by atoms with Crippen LogP contribution in [0.4, 0.5) is 23.2 Å². The largest absolute Gasteiger partial charge is 0.573 e. The summed E-state index contributed by atoms with van der Waals surface area (Å²) < 4.78 is 55.9. The van der Waals surface area contributed by atoms with Crippen LogP contribution in [0.2, 0.25) is 0 Å². The Morgan fingerprint density at radius 3 is 2.69 bits per heavy atom. The van der Waals surface area contributed by atoms with Crippen molar-refractivity contribution in [2.24, 2.45) is 0 Å². The van der Waals surface area contributed by atoms with E-state index < -0.39 is 34.9 Å². The fourth-order valence-corrected chi connectivity index (χ4v) is 3.66. The number of alkyl halides is 3. The van der Waals surface area contributed by atoms with Crippen LogP contribution in [0.5, 0.6) is 5.75 Å². The minimum Gasteiger partial charge on any atom is -0.403 e. The Morgan fingerprint density at radius 1 is 1.19 bits per heavy atom. The summed E-state index contributed by atoms with van der Waals surface area (Å²) in [5.74, 6) is -2.82. The highest BCUT2D eigenvalue weighted by atomic mass is 19.4. The molecule has 3 N–H and O–H groups in total. The van der Waals surface area contributed by atoms with E-state index in [4.69, 9.17) is 0 Å². The number of anilines is 1. The third-order valence-corrected chi connectivity index (χ3v) is 5.05. The van der Waals surface area contributed by atoms with E-state index in [0.717, 1.165) is 12.1 Å². The van der Waals surface area contributed by atoms with E-state index >= 15 is 0 Å². The third kappa shape index (κ3) is 4.13. The lowest BCUT2D eigenvalue weighted by Gasteiger charge is -2.39. The fourth-order valence-electron chi connectivity index (χ4n) is 3.66. The summed E-state index contributed by atoms with van der Waals surface area (Å²) >= 11 is 0. The highest BCUT2D eigenvalue weighted by Gasteiger charge is 2.42. The predicted molar refractivity (Wildman–Crippen MR) is 106 cm³/mol. The number of amides is 1. The first-order valence-corrected chi connectivity index (χ1v) is 9.44. The number of nitrogens with one attached hydrogen (secondary N) is 3. The molecule has 3 aromatic rings. The van der Waals surface area contributed by atoms with Crippen molar-refractivity contribution in [1.82, 2.24) is 15.3 Å². The molecule has 11 heteroatoms. The van der Waals surface area contributed by atoms with Crippen LogP contribution in [0.25, 0.3) is 0 Å². The summed E-state index contributed by atoms with van der Waals surface area (Å²) in [4.78, 5) is 31.1. The van der Waals surface area contributed by atoms with Crippen LogP contribution in [0.3, 0.4) is 0 Å². The topological polar surface area (TPSA) is 96.1 Å². The molecule has 1 atom stereocenters. The summed E-state index contributed by atoms with van der Waals surface area (Å²) in [6.07, 6.45) is -2.11. The lowest BCUT2D eigenvalue weighted by molar-refractivity contribution is -0.275. The molecule has 4 rings (SSSR count). The molecule has 3 heterocycles. The van der Waals surface area contributed by atoms with Crippen molar-refractivity contribution >= 4 is 11.6 Å². The zero-order chi connectivity index (χ0) is 22.9. The highest BCUT2D eigenvalue weighted by Crippen LogP contribution is 2.40. The molecule has 2 aromatic heterocycles. The Hall–Kier alpha value is -3.89. The quantitative estimate of drug-likeness (QED) is 0.533. The number of carbonyl (C=O) groups excluding carboxylic acids is 1. The molecule has 0 aliphatic carbocycles. The van der Waals surface area contributed by atoms with Gasteiger partial charge in [0.1, 0.15) is 5.54 Å². The molecular weight excluding hydrogens is 432 g/mol. The number of aromatic nitrogens is 2. The second kappa shape index (κ2) is 7.98. The Labute approximate surface area is 178 Å². The van der Waals surface area contributed by atoms with Crippen molar-refractivity contribution in [1.29, 1.82) is 0 Å². The van der Waals surface area contributed by atoms with Crippen LogP contribution in [-0.2, 0) is 5.54 Å². The number of aromatic amines is 1. The number of nitrogens with zero attached hydrogens (tertiary/aromatic N) is 1. The maximum absolute atomic E-state index is 14.6. The minimum absolute atomic E-state index is 0.137. The van der Waals surface area contributed by atoms with Crippen molar-refractivity contribution in [2.45, 2.75) is 18.3 Å². The lowest BCUT2D eigenvalue weighted by atomic mass is 9.79. The van der Waals surface area contributed by atoms with Crippen LogP contribution in [0.15, 0.2) is 59.7 Å². The number of ether oxygens (including phenoxy) is 1. The number of hydrogen-bond acceptors (Lipinski definition) is 5. The molecule has 0 unspecified atom stereocenters. The maximum atomic E-state index is 14.6. The molecule has 0 bridgehead atoms. The fraction of sp³-hybridized carbons (Fsp3) is 0.190. The molecule has 1 aliphatic rings. The number of halogens is 4. The maximum Gasteiger partial charge on any atom is 0.573 e. The van der Waals surface area contributed by atoms with Crippen LogP contribution in [0.1, 0.15) is 28.0 Å². The number of fused-ring (bicyclic) bond motifs is 1. The van der Waals surface area contributed by atoms with Gasteiger partial charge in [-0.2, -0.15) is 0 Å². The Bertz CT molecular complexity index is 1210. The van der Waals surface area contributed by atoms with E-state index in [1.165, 1.54) is 30.6 Å². The second-order valence-corrected chi connectivity index (χ2v) is 7.07. The van der Waals surface area contributed by atoms with E-state index in [-0.39, 0.29) is 17.5 Å². The predicted octanol–water partition coefficient (Wildman–Crippen LogP) is 3.30. The molecule has 7 nitrogen and oxygen atoms in total. The van der Waals surface area contributed by atoms with Gasteiger partial charge >= 0.3 is 6.36 Å². The number of carbonyl (C=O) groups is 1. The summed E-state index contributed by atoms with van der Waals surface area (Å²) in [5, 5.41) is 5.98. The van der Waals surface area contributed by atoms with E-state index in [2.05, 4.69) is 25.3 Å². The Morgan fingerprint density at radius 2 is 2.00 bits per heavy atom. The molecule has 0 fully saturated rings. The van der Waals surface area contributed by atoms with Gasteiger partial charge < -0.3 is 20.4 Å². The van der Waals surface area contributed by atoms with Gasteiger partial charge in [0, 0.05) is 25.0 Å². The van der Waals surface area contributed by atoms with Crippen LogP contribution in [-0.4, -0.2) is 28.8 Å². The van der Waals surface area contributed by atoms with E-state index in [1.54, 1.807) is 12.1 Å². The molecule has 166 valence electrons. The first kappa shape index (κ1) is 21.3. The van der Waals surface area contributed by atoms with Crippen molar-refractivity contribution in [3.05, 3.63) is 87.9 Å². The first-order valence-electron chi connectivity index (χ1n) is 9.44. The average Bonchev–Trinajstić information content (AvgIpc) is 2.75. The van der Waals surface area contributed by atoms with Gasteiger partial charge in [-0.15, -0.1) is 13.2 Å². The van der Waals surface area contributed by atoms with Crippen molar-refractivity contribution in [3.8, 4) is 5.75 Å². The normalized spacial score (nSPS) is 17.8. The summed E-state index contributed by atoms with van der Waals surface area (Å²) in [6.45, 7) is 0.368. The highest BCUT2D eigenvalue weighted by molar-refractivity contribution is 5.95. The molecule has 0 radical (unpaired) electrons. The van der Waals surface area contributed by atoms with Gasteiger partial charge in [-0.25, -0.2) is 4.39 Å². The molecule has 0 saturated carbocycles. The summed E-state index contributed by atoms with van der Waals surface area (Å²) in [6, 6.07) is 8.89. The van der Waals surface area contributed by atoms with Gasteiger partial charge in [0.15, 0.2) is 11.6 Å². The monoisotopic (exact) mass is 448 g/mol. The number of benzene rings is 1. The lowest BCUT2D eigenvalue weighted by Crippen LogP contribution is -2.51. The third-order valence-electron chi connectivity index (χ3n) is 5.05. The molecule has 1 aromatic carbocycles. The van der Waals surface area contributed by atoms with Crippen LogP contribution < -0.4 is 20.9 Å². The van der Waals surface area contributed by atoms with Crippen molar-refractivity contribution in [3.63, 3.8) is 0 Å². The molecule has 0 spiro atoms. The number of hydrogen-bond donors (Lipinski definition) is 3. The minimum atomic E-state index is -5.05. The van der Waals surface area contributed by atoms with Gasteiger partial charge in [-0.05, 0) is 42.3 Å². The van der Waals surface area contributed by atoms with Gasteiger partial charge in [0.25, 0.3) is 5.91 Å². The van der Waals surface area contributed by atoms with Gasteiger partial charge in [0.05, 0.1) is 16.9 Å². The first-order chi connectivity index (χ1) is 15.2. The SMILES string of the molecule is O=C(N[C@]1(c2ccc(OC(F)(F)F)c(F)c2)CCNc2cccnc21)c1ccc(=O)[nH]c1. The van der Waals surface area contributed by atoms with E-state index in [9.17, 15) is 27.2 Å². The standard InChI is InChI=1S/C21H16F4N4O3/c22-14-10-13(4-5-16(14)32-21(23,24)25)20(7-9-26-15-2-1-8-27-18(15)20)29-19(31)12-3-6-17(30)28-11-12/h1-6,8,10-11,26H,7,9H2,(H,28,30)(H,29,31)/t20-/m0/s1. The van der Waals surface area contributed by atoms with Crippen molar-refractivity contribution in [2.75, 3.05) is 11.9 Å². The van der Waals surface area contributed by atoms with Gasteiger partial charge in [-0.1, -0.05) is 6.07 Å². The Kier molecular flexibility index (Phi) is 5.33. The van der Waals surface area contributed by atoms with Crippen LogP contribution >= 0.6 is 0 Å². The zero-order valence-corrected chi connectivity index (χ0v) is 16.3. The summed E-state index contributed by atoms with van der Waals surface area (Å²) in [5.41, 5.74) is -0.481. The van der Waals surface area contributed by atoms with E-state index in [0.29, 0.717) is 17.9 Å². The van der Waals surface area contributed by atoms with E-state index in [1.807, 2.05) is 0 Å². The summed E-state index contributed by atoms with van der Waals surface area (Å²) in [7, 11) is 0. The number of rotatable bonds is 4. The number of pyridine rings is 2.